The summed E-state index contributed by atoms with van der Waals surface area (Å²) in [7, 11) is 0. The first-order valence-corrected chi connectivity index (χ1v) is 5.94. The first-order valence-electron chi connectivity index (χ1n) is 5.94. The van der Waals surface area contributed by atoms with Gasteiger partial charge in [-0.1, -0.05) is 0 Å². The lowest BCUT2D eigenvalue weighted by molar-refractivity contribution is 0.0656. The van der Waals surface area contributed by atoms with Gasteiger partial charge >= 0.3 is 11.9 Å². The standard InChI is InChI=1S/C14H10N2O4/c1-7-3-5-9-11(15-7)19-14(18)10-6-4-8(2)16-12(10)20-13(9)17/h3-6H,1-2H3. The Balaban J connectivity index is 2.15. The Morgan fingerprint density at radius 2 is 1.15 bits per heavy atom. The Morgan fingerprint density at radius 1 is 0.750 bits per heavy atom. The molecule has 0 fully saturated rings. The van der Waals surface area contributed by atoms with E-state index in [1.165, 1.54) is 12.1 Å². The van der Waals surface area contributed by atoms with Crippen LogP contribution in [0.5, 0.6) is 11.8 Å². The van der Waals surface area contributed by atoms with Crippen LogP contribution in [0.2, 0.25) is 0 Å². The molecule has 6 nitrogen and oxygen atoms in total. The van der Waals surface area contributed by atoms with Crippen LogP contribution in [0.3, 0.4) is 0 Å². The number of carbonyl (C=O) groups excluding carboxylic acids is 2. The maximum absolute atomic E-state index is 12.1. The fourth-order valence-corrected chi connectivity index (χ4v) is 1.82. The van der Waals surface area contributed by atoms with Crippen molar-refractivity contribution < 1.29 is 19.1 Å². The fraction of sp³-hybridized carbons (Fsp3) is 0.143. The van der Waals surface area contributed by atoms with Gasteiger partial charge in [0.2, 0.25) is 11.8 Å². The Morgan fingerprint density at radius 3 is 1.55 bits per heavy atom. The lowest BCUT2D eigenvalue weighted by Crippen LogP contribution is -2.22. The molecule has 2 aromatic rings. The van der Waals surface area contributed by atoms with Gasteiger partial charge in [0.25, 0.3) is 0 Å². The molecule has 1 aliphatic rings. The molecule has 0 radical (unpaired) electrons. The molecule has 3 heterocycles. The summed E-state index contributed by atoms with van der Waals surface area (Å²) in [6.07, 6.45) is 0. The maximum atomic E-state index is 12.1. The minimum absolute atomic E-state index is 0.0498. The summed E-state index contributed by atoms with van der Waals surface area (Å²) in [4.78, 5) is 32.2. The minimum atomic E-state index is -0.653. The zero-order chi connectivity index (χ0) is 14.3. The molecule has 20 heavy (non-hydrogen) atoms. The van der Waals surface area contributed by atoms with Crippen molar-refractivity contribution in [2.45, 2.75) is 13.8 Å². The average molecular weight is 270 g/mol. The Bertz CT molecular complexity index is 676. The summed E-state index contributed by atoms with van der Waals surface area (Å²) < 4.78 is 10.3. The van der Waals surface area contributed by atoms with Gasteiger partial charge in [0.1, 0.15) is 11.1 Å². The van der Waals surface area contributed by atoms with Gasteiger partial charge in [0, 0.05) is 11.4 Å². The van der Waals surface area contributed by atoms with E-state index in [0.717, 1.165) is 0 Å². The van der Waals surface area contributed by atoms with Gasteiger partial charge in [-0.3, -0.25) is 0 Å². The quantitative estimate of drug-likeness (QED) is 0.680. The molecule has 0 amide bonds. The zero-order valence-electron chi connectivity index (χ0n) is 10.8. The molecule has 0 N–H and O–H groups in total. The largest absolute Gasteiger partial charge is 0.403 e. The van der Waals surface area contributed by atoms with Crippen LogP contribution in [0.25, 0.3) is 0 Å². The number of hydrogen-bond acceptors (Lipinski definition) is 6. The second-order valence-corrected chi connectivity index (χ2v) is 4.39. The van der Waals surface area contributed by atoms with Gasteiger partial charge in [0.05, 0.1) is 0 Å². The fourth-order valence-electron chi connectivity index (χ4n) is 1.82. The molecular weight excluding hydrogens is 260 g/mol. The monoisotopic (exact) mass is 270 g/mol. The zero-order valence-corrected chi connectivity index (χ0v) is 10.8. The predicted molar refractivity (Wildman–Crippen MR) is 67.9 cm³/mol. The average Bonchev–Trinajstić information content (AvgIpc) is 2.37. The van der Waals surface area contributed by atoms with Crippen molar-refractivity contribution >= 4 is 11.9 Å². The van der Waals surface area contributed by atoms with E-state index in [2.05, 4.69) is 9.97 Å². The number of rotatable bonds is 0. The number of aryl methyl sites for hydroxylation is 2. The highest BCUT2D eigenvalue weighted by atomic mass is 16.6. The van der Waals surface area contributed by atoms with E-state index < -0.39 is 11.9 Å². The molecule has 100 valence electrons. The second-order valence-electron chi connectivity index (χ2n) is 4.39. The van der Waals surface area contributed by atoms with Gasteiger partial charge in [-0.05, 0) is 38.1 Å². The van der Waals surface area contributed by atoms with Crippen LogP contribution in [0.4, 0.5) is 0 Å². The molecular formula is C14H10N2O4. The third kappa shape index (κ3) is 2.01. The van der Waals surface area contributed by atoms with E-state index >= 15 is 0 Å². The highest BCUT2D eigenvalue weighted by Gasteiger charge is 2.27. The molecule has 3 rings (SSSR count). The van der Waals surface area contributed by atoms with Gasteiger partial charge < -0.3 is 9.47 Å². The Hall–Kier alpha value is -2.76. The number of carbonyl (C=O) groups is 2. The molecule has 0 aromatic carbocycles. The molecule has 6 heteroatoms. The first-order chi connectivity index (χ1) is 9.54. The highest BCUT2D eigenvalue weighted by Crippen LogP contribution is 2.26. The Labute approximate surface area is 114 Å². The first kappa shape index (κ1) is 12.3. The number of ether oxygens (including phenoxy) is 2. The topological polar surface area (TPSA) is 78.4 Å². The van der Waals surface area contributed by atoms with E-state index in [-0.39, 0.29) is 22.9 Å². The summed E-state index contributed by atoms with van der Waals surface area (Å²) in [5, 5.41) is 0. The smallest absolute Gasteiger partial charge is 0.350 e. The second kappa shape index (κ2) is 4.41. The van der Waals surface area contributed by atoms with Crippen molar-refractivity contribution in [3.8, 4) is 11.8 Å². The lowest BCUT2D eigenvalue weighted by atomic mass is 10.2. The van der Waals surface area contributed by atoms with E-state index in [1.807, 2.05) is 0 Å². The third-order valence-corrected chi connectivity index (χ3v) is 2.82. The van der Waals surface area contributed by atoms with Crippen molar-refractivity contribution in [2.24, 2.45) is 0 Å². The SMILES string of the molecule is Cc1ccc2c(n1)OC(=O)c1ccc(C)nc1OC2=O. The predicted octanol–water partition coefficient (Wildman–Crippen LogP) is 1.85. The van der Waals surface area contributed by atoms with Gasteiger partial charge in [-0.15, -0.1) is 0 Å². The number of hydrogen-bond donors (Lipinski definition) is 0. The van der Waals surface area contributed by atoms with Crippen molar-refractivity contribution in [3.05, 3.63) is 46.8 Å². The van der Waals surface area contributed by atoms with E-state index in [0.29, 0.717) is 11.4 Å². The van der Waals surface area contributed by atoms with Crippen molar-refractivity contribution in [2.75, 3.05) is 0 Å². The van der Waals surface area contributed by atoms with Crippen molar-refractivity contribution in [1.82, 2.24) is 9.97 Å². The van der Waals surface area contributed by atoms with Crippen LogP contribution in [0.15, 0.2) is 24.3 Å². The van der Waals surface area contributed by atoms with Gasteiger partial charge in [0.15, 0.2) is 0 Å². The number of nitrogens with zero attached hydrogens (tertiary/aromatic N) is 2. The highest BCUT2D eigenvalue weighted by molar-refractivity contribution is 6.00. The van der Waals surface area contributed by atoms with Crippen LogP contribution in [-0.2, 0) is 0 Å². The van der Waals surface area contributed by atoms with Crippen LogP contribution < -0.4 is 9.47 Å². The van der Waals surface area contributed by atoms with Crippen molar-refractivity contribution in [1.29, 1.82) is 0 Å². The summed E-state index contributed by atoms with van der Waals surface area (Å²) in [6, 6.07) is 6.29. The minimum Gasteiger partial charge on any atom is -0.403 e. The summed E-state index contributed by atoms with van der Waals surface area (Å²) in [5.41, 5.74) is 1.45. The molecule has 0 atom stereocenters. The number of pyridine rings is 2. The maximum Gasteiger partial charge on any atom is 0.350 e. The lowest BCUT2D eigenvalue weighted by Gasteiger charge is -2.15. The number of aromatic nitrogens is 2. The molecule has 0 unspecified atom stereocenters. The molecule has 0 spiro atoms. The molecule has 0 saturated carbocycles. The summed E-state index contributed by atoms with van der Waals surface area (Å²) in [5.74, 6) is -1.41. The van der Waals surface area contributed by atoms with E-state index in [1.54, 1.807) is 26.0 Å². The van der Waals surface area contributed by atoms with Gasteiger partial charge in [-0.2, -0.15) is 0 Å². The van der Waals surface area contributed by atoms with E-state index in [9.17, 15) is 9.59 Å². The summed E-state index contributed by atoms with van der Waals surface area (Å²) >= 11 is 0. The summed E-state index contributed by atoms with van der Waals surface area (Å²) in [6.45, 7) is 3.47. The number of esters is 2. The molecule has 0 saturated heterocycles. The molecule has 0 bridgehead atoms. The van der Waals surface area contributed by atoms with Crippen molar-refractivity contribution in [3.63, 3.8) is 0 Å². The van der Waals surface area contributed by atoms with Crippen LogP contribution in [0.1, 0.15) is 32.1 Å². The molecule has 0 aliphatic carbocycles. The van der Waals surface area contributed by atoms with Crippen LogP contribution in [-0.4, -0.2) is 21.9 Å². The van der Waals surface area contributed by atoms with Crippen LogP contribution in [0, 0.1) is 13.8 Å². The number of fused-ring (bicyclic) bond motifs is 2. The molecule has 2 aromatic heterocycles. The third-order valence-electron chi connectivity index (χ3n) is 2.82. The van der Waals surface area contributed by atoms with Crippen LogP contribution >= 0.6 is 0 Å². The van der Waals surface area contributed by atoms with E-state index in [4.69, 9.17) is 9.47 Å². The normalized spacial score (nSPS) is 13.5. The molecule has 1 aliphatic heterocycles. The Kier molecular flexibility index (Phi) is 2.71. The van der Waals surface area contributed by atoms with Gasteiger partial charge in [-0.25, -0.2) is 19.6 Å².